The van der Waals surface area contributed by atoms with Gasteiger partial charge >= 0.3 is 0 Å². The third kappa shape index (κ3) is 3.61. The van der Waals surface area contributed by atoms with Crippen LogP contribution in [0.3, 0.4) is 0 Å². The molecular formula is C21H28N2O. The normalized spacial score (nSPS) is 10.6. The number of rotatable bonds is 6. The second-order valence-electron chi connectivity index (χ2n) is 6.51. The van der Waals surface area contributed by atoms with Crippen LogP contribution in [0.5, 0.6) is 0 Å². The zero-order valence-corrected chi connectivity index (χ0v) is 15.7. The molecule has 0 heterocycles. The lowest BCUT2D eigenvalue weighted by Gasteiger charge is -2.18. The summed E-state index contributed by atoms with van der Waals surface area (Å²) in [7, 11) is 8.08. The average Bonchev–Trinajstić information content (AvgIpc) is 2.59. The van der Waals surface area contributed by atoms with E-state index < -0.39 is 0 Å². The average molecular weight is 324 g/mol. The predicted molar refractivity (Wildman–Crippen MR) is 104 cm³/mol. The monoisotopic (exact) mass is 324 g/mol. The van der Waals surface area contributed by atoms with Crippen molar-refractivity contribution in [3.8, 4) is 0 Å². The molecule has 128 valence electrons. The number of ketones is 1. The van der Waals surface area contributed by atoms with Gasteiger partial charge in [-0.25, -0.2) is 0 Å². The molecule has 0 N–H and O–H groups in total. The summed E-state index contributed by atoms with van der Waals surface area (Å²) in [6.07, 6.45) is 1.69. The van der Waals surface area contributed by atoms with Crippen molar-refractivity contribution in [2.45, 2.75) is 26.7 Å². The maximum Gasteiger partial charge on any atom is 0.193 e. The number of hydrogen-bond donors (Lipinski definition) is 0. The van der Waals surface area contributed by atoms with Gasteiger partial charge in [0.05, 0.1) is 0 Å². The Kier molecular flexibility index (Phi) is 5.66. The topological polar surface area (TPSA) is 23.6 Å². The third-order valence-corrected chi connectivity index (χ3v) is 4.46. The quantitative estimate of drug-likeness (QED) is 0.745. The van der Waals surface area contributed by atoms with Crippen LogP contribution < -0.4 is 9.80 Å². The molecule has 0 unspecified atom stereocenters. The second-order valence-corrected chi connectivity index (χ2v) is 6.51. The lowest BCUT2D eigenvalue weighted by Crippen LogP contribution is -2.13. The van der Waals surface area contributed by atoms with Crippen molar-refractivity contribution in [2.24, 2.45) is 0 Å². The van der Waals surface area contributed by atoms with Crippen LogP contribution in [0, 0.1) is 0 Å². The minimum Gasteiger partial charge on any atom is -0.378 e. The van der Waals surface area contributed by atoms with E-state index in [2.05, 4.69) is 35.8 Å². The molecule has 24 heavy (non-hydrogen) atoms. The molecule has 3 nitrogen and oxygen atoms in total. The number of carbonyl (C=O) groups is 1. The van der Waals surface area contributed by atoms with Gasteiger partial charge < -0.3 is 9.80 Å². The molecule has 0 atom stereocenters. The molecule has 0 aromatic heterocycles. The van der Waals surface area contributed by atoms with E-state index >= 15 is 0 Å². The van der Waals surface area contributed by atoms with Crippen LogP contribution >= 0.6 is 0 Å². The Morgan fingerprint density at radius 2 is 1.12 bits per heavy atom. The van der Waals surface area contributed by atoms with Crippen LogP contribution in [0.25, 0.3) is 0 Å². The lowest BCUT2D eigenvalue weighted by atomic mass is 9.92. The van der Waals surface area contributed by atoms with E-state index in [-0.39, 0.29) is 5.78 Å². The van der Waals surface area contributed by atoms with Gasteiger partial charge in [-0.15, -0.1) is 0 Å². The Morgan fingerprint density at radius 3 is 1.42 bits per heavy atom. The molecule has 0 radical (unpaired) electrons. The van der Waals surface area contributed by atoms with Crippen molar-refractivity contribution < 1.29 is 4.79 Å². The highest BCUT2D eigenvalue weighted by molar-refractivity contribution is 6.11. The second kappa shape index (κ2) is 7.52. The fraction of sp³-hybridized carbons (Fsp3) is 0.381. The Hall–Kier alpha value is -2.29. The highest BCUT2D eigenvalue weighted by atomic mass is 16.1. The summed E-state index contributed by atoms with van der Waals surface area (Å²) in [5.74, 6) is 0.124. The molecule has 2 aromatic rings. The van der Waals surface area contributed by atoms with Crippen LogP contribution in [-0.2, 0) is 12.8 Å². The SMILES string of the molecule is CCc1cc(N(C)C)ccc1C(=O)c1ccc(N(C)C)cc1CC. The molecule has 0 saturated heterocycles. The van der Waals surface area contributed by atoms with E-state index in [0.717, 1.165) is 46.5 Å². The molecule has 2 rings (SSSR count). The van der Waals surface area contributed by atoms with Gasteiger partial charge in [-0.05, 0) is 60.4 Å². The number of hydrogen-bond acceptors (Lipinski definition) is 3. The fourth-order valence-corrected chi connectivity index (χ4v) is 2.89. The molecule has 0 aliphatic carbocycles. The standard InChI is InChI=1S/C21H28N2O/c1-7-15-13-17(22(3)4)9-11-19(15)21(24)20-12-10-18(23(5)6)14-16(20)8-2/h9-14H,7-8H2,1-6H3. The summed E-state index contributed by atoms with van der Waals surface area (Å²) in [6.45, 7) is 4.20. The number of nitrogens with zero attached hydrogens (tertiary/aromatic N) is 2. The van der Waals surface area contributed by atoms with Crippen molar-refractivity contribution in [3.05, 3.63) is 58.7 Å². The fourth-order valence-electron chi connectivity index (χ4n) is 2.89. The van der Waals surface area contributed by atoms with Gasteiger partial charge in [0, 0.05) is 50.7 Å². The Morgan fingerprint density at radius 1 is 0.750 bits per heavy atom. The van der Waals surface area contributed by atoms with Crippen LogP contribution in [0.4, 0.5) is 11.4 Å². The minimum absolute atomic E-state index is 0.124. The van der Waals surface area contributed by atoms with Crippen molar-refractivity contribution in [1.82, 2.24) is 0 Å². The maximum absolute atomic E-state index is 13.1. The largest absolute Gasteiger partial charge is 0.378 e. The first-order chi connectivity index (χ1) is 11.4. The molecule has 3 heteroatoms. The van der Waals surface area contributed by atoms with E-state index in [9.17, 15) is 4.79 Å². The van der Waals surface area contributed by atoms with Gasteiger partial charge in [0.25, 0.3) is 0 Å². The number of aryl methyl sites for hydroxylation is 2. The summed E-state index contributed by atoms with van der Waals surface area (Å²) in [5, 5.41) is 0. The van der Waals surface area contributed by atoms with Crippen LogP contribution in [0.1, 0.15) is 40.9 Å². The molecule has 0 fully saturated rings. The van der Waals surface area contributed by atoms with Crippen molar-refractivity contribution in [2.75, 3.05) is 38.0 Å². The molecule has 0 aliphatic heterocycles. The van der Waals surface area contributed by atoms with Gasteiger partial charge in [0.2, 0.25) is 0 Å². The summed E-state index contributed by atoms with van der Waals surface area (Å²) in [5.41, 5.74) is 6.09. The molecule has 0 bridgehead atoms. The summed E-state index contributed by atoms with van der Waals surface area (Å²) < 4.78 is 0. The van der Waals surface area contributed by atoms with Crippen LogP contribution in [-0.4, -0.2) is 34.0 Å². The Balaban J connectivity index is 2.49. The molecule has 0 aliphatic rings. The van der Waals surface area contributed by atoms with E-state index in [1.165, 1.54) is 0 Å². The predicted octanol–water partition coefficient (Wildman–Crippen LogP) is 4.17. The van der Waals surface area contributed by atoms with Gasteiger partial charge in [0.15, 0.2) is 5.78 Å². The molecular weight excluding hydrogens is 296 g/mol. The smallest absolute Gasteiger partial charge is 0.193 e. The van der Waals surface area contributed by atoms with Gasteiger partial charge in [0.1, 0.15) is 0 Å². The van der Waals surface area contributed by atoms with Crippen LogP contribution in [0.2, 0.25) is 0 Å². The van der Waals surface area contributed by atoms with Crippen molar-refractivity contribution in [1.29, 1.82) is 0 Å². The number of carbonyl (C=O) groups excluding carboxylic acids is 1. The number of benzene rings is 2. The molecule has 0 saturated carbocycles. The van der Waals surface area contributed by atoms with Gasteiger partial charge in [-0.1, -0.05) is 13.8 Å². The summed E-state index contributed by atoms with van der Waals surface area (Å²) in [4.78, 5) is 17.3. The minimum atomic E-state index is 0.124. The van der Waals surface area contributed by atoms with Crippen LogP contribution in [0.15, 0.2) is 36.4 Å². The first-order valence-corrected chi connectivity index (χ1v) is 8.54. The highest BCUT2D eigenvalue weighted by Crippen LogP contribution is 2.25. The zero-order valence-electron chi connectivity index (χ0n) is 15.7. The number of anilines is 2. The van der Waals surface area contributed by atoms with E-state index in [0.29, 0.717) is 0 Å². The molecule has 0 amide bonds. The van der Waals surface area contributed by atoms with Gasteiger partial charge in [-0.3, -0.25) is 4.79 Å². The zero-order chi connectivity index (χ0) is 17.9. The Labute approximate surface area is 145 Å². The summed E-state index contributed by atoms with van der Waals surface area (Å²) >= 11 is 0. The van der Waals surface area contributed by atoms with E-state index in [1.807, 2.05) is 52.5 Å². The van der Waals surface area contributed by atoms with Crippen molar-refractivity contribution in [3.63, 3.8) is 0 Å². The van der Waals surface area contributed by atoms with E-state index in [1.54, 1.807) is 0 Å². The first kappa shape index (κ1) is 18.1. The maximum atomic E-state index is 13.1. The molecule has 2 aromatic carbocycles. The lowest BCUT2D eigenvalue weighted by molar-refractivity contribution is 0.103. The third-order valence-electron chi connectivity index (χ3n) is 4.46. The highest BCUT2D eigenvalue weighted by Gasteiger charge is 2.17. The van der Waals surface area contributed by atoms with Gasteiger partial charge in [-0.2, -0.15) is 0 Å². The van der Waals surface area contributed by atoms with Crippen molar-refractivity contribution >= 4 is 17.2 Å². The summed E-state index contributed by atoms with van der Waals surface area (Å²) in [6, 6.07) is 12.2. The molecule has 0 spiro atoms. The Bertz CT molecular complexity index is 671. The van der Waals surface area contributed by atoms with E-state index in [4.69, 9.17) is 0 Å². The first-order valence-electron chi connectivity index (χ1n) is 8.54.